The Bertz CT molecular complexity index is 1010. The van der Waals surface area contributed by atoms with Gasteiger partial charge in [-0.25, -0.2) is 4.98 Å². The summed E-state index contributed by atoms with van der Waals surface area (Å²) in [4.78, 5) is 14.7. The Morgan fingerprint density at radius 2 is 1.92 bits per heavy atom. The van der Waals surface area contributed by atoms with Gasteiger partial charge in [-0.2, -0.15) is 10.4 Å². The van der Waals surface area contributed by atoms with Gasteiger partial charge < -0.3 is 0 Å². The maximum Gasteiger partial charge on any atom is 0.269 e. The molecular formula is C17H10BrN5O2S. The largest absolute Gasteiger partial charge is 0.277 e. The predicted molar refractivity (Wildman–Crippen MR) is 104 cm³/mol. The molecule has 3 aromatic rings. The van der Waals surface area contributed by atoms with Gasteiger partial charge in [-0.3, -0.25) is 15.5 Å². The molecule has 0 unspecified atom stereocenters. The second kappa shape index (κ2) is 7.86. The molecule has 0 aliphatic carbocycles. The molecule has 128 valence electrons. The Kier molecular flexibility index (Phi) is 5.36. The summed E-state index contributed by atoms with van der Waals surface area (Å²) in [5.74, 6) is 0. The van der Waals surface area contributed by atoms with E-state index in [2.05, 4.69) is 31.4 Å². The van der Waals surface area contributed by atoms with E-state index in [0.717, 1.165) is 15.7 Å². The molecule has 9 heteroatoms. The number of halogens is 1. The molecule has 7 nitrogen and oxygen atoms in total. The molecule has 0 fully saturated rings. The van der Waals surface area contributed by atoms with Crippen LogP contribution in [0.15, 0.2) is 63.5 Å². The van der Waals surface area contributed by atoms with Gasteiger partial charge >= 0.3 is 0 Å². The molecule has 1 aromatic heterocycles. The van der Waals surface area contributed by atoms with Gasteiger partial charge in [-0.15, -0.1) is 11.3 Å². The highest BCUT2D eigenvalue weighted by Gasteiger charge is 2.12. The summed E-state index contributed by atoms with van der Waals surface area (Å²) in [7, 11) is 0. The van der Waals surface area contributed by atoms with E-state index in [4.69, 9.17) is 0 Å². The van der Waals surface area contributed by atoms with E-state index in [0.29, 0.717) is 10.7 Å². The number of rotatable bonds is 5. The minimum Gasteiger partial charge on any atom is -0.277 e. The number of nitro groups is 1. The summed E-state index contributed by atoms with van der Waals surface area (Å²) >= 11 is 4.63. The van der Waals surface area contributed by atoms with E-state index in [1.807, 2.05) is 30.3 Å². The highest BCUT2D eigenvalue weighted by atomic mass is 79.9. The molecule has 0 amide bonds. The van der Waals surface area contributed by atoms with Crippen molar-refractivity contribution in [2.45, 2.75) is 0 Å². The number of hydrazone groups is 1. The van der Waals surface area contributed by atoms with Gasteiger partial charge in [-0.05, 0) is 36.4 Å². The lowest BCUT2D eigenvalue weighted by Crippen LogP contribution is -2.01. The number of anilines is 1. The molecule has 0 radical (unpaired) electrons. The zero-order chi connectivity index (χ0) is 18.5. The van der Waals surface area contributed by atoms with Gasteiger partial charge in [0, 0.05) is 27.5 Å². The summed E-state index contributed by atoms with van der Waals surface area (Å²) in [6.45, 7) is 0. The van der Waals surface area contributed by atoms with Crippen LogP contribution in [0.25, 0.3) is 11.3 Å². The number of nitrogens with one attached hydrogen (secondary N) is 1. The van der Waals surface area contributed by atoms with Crippen LogP contribution in [0.4, 0.5) is 11.4 Å². The number of aromatic nitrogens is 1. The van der Waals surface area contributed by atoms with E-state index in [9.17, 15) is 15.4 Å². The summed E-state index contributed by atoms with van der Waals surface area (Å²) in [5, 5.41) is 26.4. The first-order valence-electron chi connectivity index (χ1n) is 7.27. The highest BCUT2D eigenvalue weighted by Crippen LogP contribution is 2.24. The van der Waals surface area contributed by atoms with Crippen LogP contribution in [0.5, 0.6) is 0 Å². The number of nitro benzene ring substituents is 1. The van der Waals surface area contributed by atoms with Gasteiger partial charge in [0.2, 0.25) is 0 Å². The van der Waals surface area contributed by atoms with Crippen molar-refractivity contribution in [1.82, 2.24) is 4.98 Å². The van der Waals surface area contributed by atoms with Crippen molar-refractivity contribution in [3.05, 3.63) is 73.5 Å². The second-order valence-electron chi connectivity index (χ2n) is 5.03. The van der Waals surface area contributed by atoms with Crippen molar-refractivity contribution in [2.24, 2.45) is 5.10 Å². The van der Waals surface area contributed by atoms with Crippen LogP contribution < -0.4 is 5.43 Å². The molecule has 1 N–H and O–H groups in total. The normalized spacial score (nSPS) is 11.0. The standard InChI is InChI=1S/C17H10BrN5O2S/c18-12-3-5-13(6-4-12)21-22-15(9-19)17-20-16(10-26-17)11-1-7-14(8-2-11)23(24)25/h1-8,10,21H/b22-15-. The molecule has 26 heavy (non-hydrogen) atoms. The summed E-state index contributed by atoms with van der Waals surface area (Å²) in [5.41, 5.74) is 5.11. The first-order valence-corrected chi connectivity index (χ1v) is 8.94. The average molecular weight is 428 g/mol. The number of hydrogen-bond donors (Lipinski definition) is 1. The Morgan fingerprint density at radius 1 is 1.23 bits per heavy atom. The average Bonchev–Trinajstić information content (AvgIpc) is 3.14. The molecule has 0 aliphatic rings. The van der Waals surface area contributed by atoms with Crippen LogP contribution in [0.1, 0.15) is 5.01 Å². The van der Waals surface area contributed by atoms with Gasteiger partial charge in [0.15, 0.2) is 10.7 Å². The van der Waals surface area contributed by atoms with Crippen molar-refractivity contribution < 1.29 is 4.92 Å². The quantitative estimate of drug-likeness (QED) is 0.356. The van der Waals surface area contributed by atoms with Crippen LogP contribution in [0.3, 0.4) is 0 Å². The third-order valence-corrected chi connectivity index (χ3v) is 4.71. The van der Waals surface area contributed by atoms with Crippen molar-refractivity contribution in [3.63, 3.8) is 0 Å². The molecule has 1 heterocycles. The topological polar surface area (TPSA) is 104 Å². The smallest absolute Gasteiger partial charge is 0.269 e. The monoisotopic (exact) mass is 427 g/mol. The van der Waals surface area contributed by atoms with Crippen molar-refractivity contribution in [2.75, 3.05) is 5.43 Å². The number of nitriles is 1. The van der Waals surface area contributed by atoms with Gasteiger partial charge in [0.1, 0.15) is 6.07 Å². The van der Waals surface area contributed by atoms with Crippen LogP contribution in [-0.2, 0) is 0 Å². The Morgan fingerprint density at radius 3 is 2.54 bits per heavy atom. The second-order valence-corrected chi connectivity index (χ2v) is 6.81. The first-order chi connectivity index (χ1) is 12.6. The van der Waals surface area contributed by atoms with E-state index in [1.165, 1.54) is 23.5 Å². The number of nitrogens with zero attached hydrogens (tertiary/aromatic N) is 4. The summed E-state index contributed by atoms with van der Waals surface area (Å²) in [6, 6.07) is 15.5. The SMILES string of the molecule is N#C/C(=N/Nc1ccc(Br)cc1)c1nc(-c2ccc([N+](=O)[O-])cc2)cs1. The lowest BCUT2D eigenvalue weighted by molar-refractivity contribution is -0.384. The molecule has 0 bridgehead atoms. The number of non-ortho nitro benzene ring substituents is 1. The molecule has 0 spiro atoms. The molecule has 0 atom stereocenters. The van der Waals surface area contributed by atoms with Crippen molar-refractivity contribution in [1.29, 1.82) is 5.26 Å². The minimum atomic E-state index is -0.454. The lowest BCUT2D eigenvalue weighted by atomic mass is 10.1. The molecule has 0 aliphatic heterocycles. The maximum absolute atomic E-state index is 10.7. The minimum absolute atomic E-state index is 0.0159. The maximum atomic E-state index is 10.7. The molecular weight excluding hydrogens is 418 g/mol. The third kappa shape index (κ3) is 4.11. The fourth-order valence-electron chi connectivity index (χ4n) is 2.03. The summed E-state index contributed by atoms with van der Waals surface area (Å²) in [6.07, 6.45) is 0. The molecule has 2 aromatic carbocycles. The highest BCUT2D eigenvalue weighted by molar-refractivity contribution is 9.10. The van der Waals surface area contributed by atoms with Gasteiger partial charge in [0.25, 0.3) is 5.69 Å². The first kappa shape index (κ1) is 17.7. The van der Waals surface area contributed by atoms with E-state index in [-0.39, 0.29) is 11.4 Å². The van der Waals surface area contributed by atoms with Crippen LogP contribution in [0, 0.1) is 21.4 Å². The van der Waals surface area contributed by atoms with E-state index >= 15 is 0 Å². The third-order valence-electron chi connectivity index (χ3n) is 3.33. The van der Waals surface area contributed by atoms with Crippen molar-refractivity contribution in [3.8, 4) is 17.3 Å². The molecule has 0 saturated carbocycles. The van der Waals surface area contributed by atoms with Gasteiger partial charge in [0.05, 0.1) is 16.3 Å². The Labute approximate surface area is 160 Å². The van der Waals surface area contributed by atoms with E-state index in [1.54, 1.807) is 17.5 Å². The Balaban J connectivity index is 1.80. The molecule has 3 rings (SSSR count). The van der Waals surface area contributed by atoms with Gasteiger partial charge in [-0.1, -0.05) is 15.9 Å². The van der Waals surface area contributed by atoms with Crippen LogP contribution in [-0.4, -0.2) is 15.6 Å². The fourth-order valence-corrected chi connectivity index (χ4v) is 3.06. The Hall–Kier alpha value is -3.09. The molecule has 0 saturated heterocycles. The number of hydrogen-bond acceptors (Lipinski definition) is 7. The lowest BCUT2D eigenvalue weighted by Gasteiger charge is -2.00. The fraction of sp³-hybridized carbons (Fsp3) is 0. The number of benzene rings is 2. The van der Waals surface area contributed by atoms with Crippen molar-refractivity contribution >= 4 is 44.4 Å². The van der Waals surface area contributed by atoms with Crippen LogP contribution >= 0.6 is 27.3 Å². The number of thiazole rings is 1. The predicted octanol–water partition coefficient (Wildman–Crippen LogP) is 4.82. The van der Waals surface area contributed by atoms with E-state index < -0.39 is 4.92 Å². The zero-order valence-electron chi connectivity index (χ0n) is 13.1. The zero-order valence-corrected chi connectivity index (χ0v) is 15.5. The van der Waals surface area contributed by atoms with Crippen LogP contribution in [0.2, 0.25) is 0 Å². The summed E-state index contributed by atoms with van der Waals surface area (Å²) < 4.78 is 0.945.